The van der Waals surface area contributed by atoms with Gasteiger partial charge in [0.1, 0.15) is 0 Å². The molecule has 112 valence electrons. The van der Waals surface area contributed by atoms with Gasteiger partial charge in [0.2, 0.25) is 11.7 Å². The lowest BCUT2D eigenvalue weighted by molar-refractivity contribution is -0.120. The van der Waals surface area contributed by atoms with E-state index in [1.54, 1.807) is 19.2 Å². The predicted molar refractivity (Wildman–Crippen MR) is 76.2 cm³/mol. The first-order chi connectivity index (χ1) is 9.51. The summed E-state index contributed by atoms with van der Waals surface area (Å²) in [6.45, 7) is 1.27. The summed E-state index contributed by atoms with van der Waals surface area (Å²) in [6.07, 6.45) is 0.444. The molecule has 6 nitrogen and oxygen atoms in total. The molecular formula is C14H22N2O4. The van der Waals surface area contributed by atoms with Crippen molar-refractivity contribution in [2.24, 2.45) is 0 Å². The molecule has 20 heavy (non-hydrogen) atoms. The molecule has 0 fully saturated rings. The maximum atomic E-state index is 11.2. The van der Waals surface area contributed by atoms with Gasteiger partial charge in [0.25, 0.3) is 0 Å². The maximum Gasteiger partial charge on any atom is 0.221 e. The number of phenolic OH excluding ortho intramolecular Hbond substituents is 1. The van der Waals surface area contributed by atoms with Gasteiger partial charge in [-0.1, -0.05) is 0 Å². The van der Waals surface area contributed by atoms with Crippen molar-refractivity contribution in [1.82, 2.24) is 10.2 Å². The van der Waals surface area contributed by atoms with Crippen LogP contribution in [0.4, 0.5) is 0 Å². The van der Waals surface area contributed by atoms with Gasteiger partial charge in [-0.25, -0.2) is 0 Å². The molecule has 1 aromatic carbocycles. The molecule has 0 bridgehead atoms. The standard InChI is InChI=1S/C14H22N2O4/c1-15-13(17)5-6-16(2)9-10-7-11(19-3)14(18)12(8-10)20-4/h7-8,18H,5-6,9H2,1-4H3,(H,15,17). The zero-order valence-electron chi connectivity index (χ0n) is 12.4. The van der Waals surface area contributed by atoms with E-state index >= 15 is 0 Å². The number of rotatable bonds is 7. The summed E-state index contributed by atoms with van der Waals surface area (Å²) in [5.41, 5.74) is 0.941. The molecule has 2 N–H and O–H groups in total. The van der Waals surface area contributed by atoms with Crippen LogP contribution in [0.15, 0.2) is 12.1 Å². The van der Waals surface area contributed by atoms with Crippen LogP contribution in [-0.2, 0) is 11.3 Å². The molecule has 1 rings (SSSR count). The molecule has 0 aliphatic carbocycles. The van der Waals surface area contributed by atoms with Gasteiger partial charge < -0.3 is 24.8 Å². The van der Waals surface area contributed by atoms with Gasteiger partial charge in [0, 0.05) is 26.6 Å². The average molecular weight is 282 g/mol. The van der Waals surface area contributed by atoms with Crippen molar-refractivity contribution in [2.45, 2.75) is 13.0 Å². The highest BCUT2D eigenvalue weighted by molar-refractivity contribution is 5.75. The Morgan fingerprint density at radius 1 is 1.30 bits per heavy atom. The Morgan fingerprint density at radius 2 is 1.85 bits per heavy atom. The van der Waals surface area contributed by atoms with Crippen molar-refractivity contribution in [3.8, 4) is 17.2 Å². The molecule has 0 aliphatic rings. The zero-order chi connectivity index (χ0) is 15.1. The van der Waals surface area contributed by atoms with Crippen LogP contribution in [0.5, 0.6) is 17.2 Å². The van der Waals surface area contributed by atoms with Gasteiger partial charge in [-0.2, -0.15) is 0 Å². The normalized spacial score (nSPS) is 10.4. The smallest absolute Gasteiger partial charge is 0.221 e. The van der Waals surface area contributed by atoms with Crippen LogP contribution in [0.25, 0.3) is 0 Å². The molecule has 1 aromatic rings. The number of hydrogen-bond donors (Lipinski definition) is 2. The lowest BCUT2D eigenvalue weighted by Crippen LogP contribution is -2.26. The minimum Gasteiger partial charge on any atom is -0.502 e. The molecule has 0 aliphatic heterocycles. The largest absolute Gasteiger partial charge is 0.502 e. The lowest BCUT2D eigenvalue weighted by atomic mass is 10.1. The monoisotopic (exact) mass is 282 g/mol. The number of carbonyl (C=O) groups is 1. The van der Waals surface area contributed by atoms with E-state index in [9.17, 15) is 9.90 Å². The van der Waals surface area contributed by atoms with Crippen LogP contribution >= 0.6 is 0 Å². The molecule has 0 heterocycles. The van der Waals surface area contributed by atoms with Gasteiger partial charge in [-0.15, -0.1) is 0 Å². The Morgan fingerprint density at radius 3 is 2.30 bits per heavy atom. The van der Waals surface area contributed by atoms with Gasteiger partial charge >= 0.3 is 0 Å². The SMILES string of the molecule is CNC(=O)CCN(C)Cc1cc(OC)c(O)c(OC)c1. The molecule has 1 amide bonds. The first-order valence-electron chi connectivity index (χ1n) is 6.34. The Kier molecular flexibility index (Phi) is 6.11. The van der Waals surface area contributed by atoms with Crippen molar-refractivity contribution >= 4 is 5.91 Å². The molecule has 6 heteroatoms. The van der Waals surface area contributed by atoms with E-state index in [4.69, 9.17) is 9.47 Å². The van der Waals surface area contributed by atoms with Crippen molar-refractivity contribution in [3.05, 3.63) is 17.7 Å². The summed E-state index contributed by atoms with van der Waals surface area (Å²) >= 11 is 0. The molecule has 0 saturated carbocycles. The number of carbonyl (C=O) groups excluding carboxylic acids is 1. The molecule has 0 aromatic heterocycles. The number of nitrogens with one attached hydrogen (secondary N) is 1. The highest BCUT2D eigenvalue weighted by Crippen LogP contribution is 2.37. The molecule has 0 radical (unpaired) electrons. The third-order valence-corrected chi connectivity index (χ3v) is 2.99. The van der Waals surface area contributed by atoms with E-state index in [0.29, 0.717) is 31.0 Å². The number of phenols is 1. The Hall–Kier alpha value is -1.95. The van der Waals surface area contributed by atoms with Crippen LogP contribution in [0.2, 0.25) is 0 Å². The molecule has 0 atom stereocenters. The number of ether oxygens (including phenoxy) is 2. The van der Waals surface area contributed by atoms with Gasteiger partial charge in [-0.3, -0.25) is 4.79 Å². The topological polar surface area (TPSA) is 71.0 Å². The third kappa shape index (κ3) is 4.31. The molecule has 0 saturated heterocycles. The van der Waals surface area contributed by atoms with Crippen LogP contribution in [-0.4, -0.2) is 50.8 Å². The second-order valence-corrected chi connectivity index (χ2v) is 4.51. The second-order valence-electron chi connectivity index (χ2n) is 4.51. The number of nitrogens with zero attached hydrogens (tertiary/aromatic N) is 1. The summed E-state index contributed by atoms with van der Waals surface area (Å²) in [6, 6.07) is 3.52. The number of methoxy groups -OCH3 is 2. The summed E-state index contributed by atoms with van der Waals surface area (Å²) in [7, 11) is 6.54. The van der Waals surface area contributed by atoms with Crippen molar-refractivity contribution < 1.29 is 19.4 Å². The third-order valence-electron chi connectivity index (χ3n) is 2.99. The Balaban J connectivity index is 2.74. The van der Waals surface area contributed by atoms with Crippen molar-refractivity contribution in [3.63, 3.8) is 0 Å². The Labute approximate surface area is 119 Å². The van der Waals surface area contributed by atoms with Crippen LogP contribution in [0.3, 0.4) is 0 Å². The zero-order valence-corrected chi connectivity index (χ0v) is 12.4. The average Bonchev–Trinajstić information content (AvgIpc) is 2.46. The highest BCUT2D eigenvalue weighted by atomic mass is 16.5. The van der Waals surface area contributed by atoms with E-state index in [2.05, 4.69) is 5.32 Å². The summed E-state index contributed by atoms with van der Waals surface area (Å²) in [5.74, 6) is 0.752. The van der Waals surface area contributed by atoms with E-state index in [1.165, 1.54) is 14.2 Å². The van der Waals surface area contributed by atoms with Gasteiger partial charge in [0.05, 0.1) is 14.2 Å². The van der Waals surface area contributed by atoms with E-state index in [-0.39, 0.29) is 11.7 Å². The minimum atomic E-state index is -0.00763. The number of aromatic hydroxyl groups is 1. The summed E-state index contributed by atoms with van der Waals surface area (Å²) < 4.78 is 10.2. The molecule has 0 unspecified atom stereocenters. The van der Waals surface area contributed by atoms with Gasteiger partial charge in [-0.05, 0) is 24.7 Å². The fraction of sp³-hybridized carbons (Fsp3) is 0.500. The quantitative estimate of drug-likeness (QED) is 0.780. The minimum absolute atomic E-state index is 0.00763. The predicted octanol–water partition coefficient (Wildman–Crippen LogP) is 0.977. The van der Waals surface area contributed by atoms with Gasteiger partial charge in [0.15, 0.2) is 11.5 Å². The van der Waals surface area contributed by atoms with E-state index in [0.717, 1.165) is 5.56 Å². The van der Waals surface area contributed by atoms with Crippen LogP contribution in [0, 0.1) is 0 Å². The summed E-state index contributed by atoms with van der Waals surface area (Å²) in [4.78, 5) is 13.2. The lowest BCUT2D eigenvalue weighted by Gasteiger charge is -2.18. The molecule has 0 spiro atoms. The fourth-order valence-corrected chi connectivity index (χ4v) is 1.85. The number of amides is 1. The summed E-state index contributed by atoms with van der Waals surface area (Å²) in [5, 5.41) is 12.4. The molecular weight excluding hydrogens is 260 g/mol. The van der Waals surface area contributed by atoms with Crippen molar-refractivity contribution in [2.75, 3.05) is 34.9 Å². The van der Waals surface area contributed by atoms with Crippen LogP contribution in [0.1, 0.15) is 12.0 Å². The first-order valence-corrected chi connectivity index (χ1v) is 6.34. The van der Waals surface area contributed by atoms with Crippen molar-refractivity contribution in [1.29, 1.82) is 0 Å². The maximum absolute atomic E-state index is 11.2. The fourth-order valence-electron chi connectivity index (χ4n) is 1.85. The second kappa shape index (κ2) is 7.59. The Bertz CT molecular complexity index is 437. The highest BCUT2D eigenvalue weighted by Gasteiger charge is 2.12. The number of hydrogen-bond acceptors (Lipinski definition) is 5. The first kappa shape index (κ1) is 16.1. The van der Waals surface area contributed by atoms with E-state index in [1.807, 2.05) is 11.9 Å². The van der Waals surface area contributed by atoms with E-state index < -0.39 is 0 Å². The number of benzene rings is 1. The van der Waals surface area contributed by atoms with Crippen LogP contribution < -0.4 is 14.8 Å².